The summed E-state index contributed by atoms with van der Waals surface area (Å²) in [5.41, 5.74) is 0. The van der Waals surface area contributed by atoms with Gasteiger partial charge in [0, 0.05) is 12.7 Å². The lowest BCUT2D eigenvalue weighted by atomic mass is 10.8. The van der Waals surface area contributed by atoms with Gasteiger partial charge in [-0.1, -0.05) is 23.6 Å². The molecule has 0 aliphatic carbocycles. The molecule has 0 unspecified atom stereocenters. The predicted molar refractivity (Wildman–Crippen MR) is 68.0 cm³/mol. The Balaban J connectivity index is 0. The number of aliphatic hydroxyl groups is 1. The molecule has 0 bridgehead atoms. The minimum atomic E-state index is 0.0814. The monoisotopic (exact) mass is 230 g/mol. The van der Waals surface area contributed by atoms with Gasteiger partial charge in [0.1, 0.15) is 0 Å². The molecular formula is C10H14O2S2. The van der Waals surface area contributed by atoms with Gasteiger partial charge >= 0.3 is 0 Å². The minimum absolute atomic E-state index is 0.0814. The molecule has 0 saturated carbocycles. The van der Waals surface area contributed by atoms with E-state index in [2.05, 4.69) is 11.8 Å². The van der Waals surface area contributed by atoms with Gasteiger partial charge in [-0.15, -0.1) is 12.8 Å². The van der Waals surface area contributed by atoms with Gasteiger partial charge in [-0.25, -0.2) is 0 Å². The van der Waals surface area contributed by atoms with Gasteiger partial charge in [0.05, 0.1) is 10.8 Å². The fraction of sp³-hybridized carbons (Fsp3) is 0.400. The molecule has 0 aliphatic rings. The van der Waals surface area contributed by atoms with Gasteiger partial charge < -0.3 is 5.11 Å². The zero-order chi connectivity index (χ0) is 11.4. The molecule has 0 rings (SSSR count). The smallest absolute Gasteiger partial charge is 0.186 e. The van der Waals surface area contributed by atoms with Crippen LogP contribution in [0.5, 0.6) is 0 Å². The van der Waals surface area contributed by atoms with Gasteiger partial charge in [-0.2, -0.15) is 11.4 Å². The van der Waals surface area contributed by atoms with Crippen LogP contribution in [0.1, 0.15) is 13.8 Å². The molecule has 0 amide bonds. The molecule has 0 aromatic carbocycles. The molecule has 0 heterocycles. The Hall–Kier alpha value is -0.680. The Morgan fingerprint density at radius 3 is 2.14 bits per heavy atom. The van der Waals surface area contributed by atoms with Crippen molar-refractivity contribution in [2.45, 2.75) is 13.8 Å². The number of thioether (sulfide) groups is 1. The summed E-state index contributed by atoms with van der Waals surface area (Å²) in [4.78, 5) is 10.1. The van der Waals surface area contributed by atoms with E-state index in [0.29, 0.717) is 16.6 Å². The van der Waals surface area contributed by atoms with E-state index < -0.39 is 0 Å². The summed E-state index contributed by atoms with van der Waals surface area (Å²) in [6.45, 7) is 3.14. The highest BCUT2D eigenvalue weighted by Gasteiger charge is 1.86. The van der Waals surface area contributed by atoms with Crippen molar-refractivity contribution in [1.29, 1.82) is 0 Å². The lowest BCUT2D eigenvalue weighted by Crippen LogP contribution is -1.80. The van der Waals surface area contributed by atoms with E-state index in [4.69, 9.17) is 18.0 Å². The number of terminal acetylenes is 2. The Kier molecular flexibility index (Phi) is 13.9. The van der Waals surface area contributed by atoms with E-state index in [1.54, 1.807) is 6.92 Å². The van der Waals surface area contributed by atoms with E-state index in [-0.39, 0.29) is 5.12 Å². The average molecular weight is 230 g/mol. The fourth-order valence-corrected chi connectivity index (χ4v) is 0.910. The highest BCUT2D eigenvalue weighted by Crippen LogP contribution is 1.96. The molecule has 0 atom stereocenters. The van der Waals surface area contributed by atoms with E-state index in [0.717, 1.165) is 23.1 Å². The molecule has 78 valence electrons. The van der Waals surface area contributed by atoms with Crippen molar-refractivity contribution < 1.29 is 9.90 Å². The van der Waals surface area contributed by atoms with Crippen molar-refractivity contribution in [3.05, 3.63) is 0 Å². The van der Waals surface area contributed by atoms with Crippen LogP contribution in [0.4, 0.5) is 0 Å². The summed E-state index contributed by atoms with van der Waals surface area (Å²) in [5, 5.41) is 8.96. The van der Waals surface area contributed by atoms with Crippen molar-refractivity contribution in [3.8, 4) is 24.7 Å². The second-order valence-corrected chi connectivity index (χ2v) is 4.48. The predicted octanol–water partition coefficient (Wildman–Crippen LogP) is 1.69. The number of carbonyl (C=O) groups excluding carboxylic acids is 1. The molecule has 0 fully saturated rings. The van der Waals surface area contributed by atoms with Crippen LogP contribution in [0.2, 0.25) is 0 Å². The van der Waals surface area contributed by atoms with E-state index in [9.17, 15) is 4.79 Å². The Morgan fingerprint density at radius 1 is 1.43 bits per heavy atom. The van der Waals surface area contributed by atoms with Gasteiger partial charge in [-0.05, 0) is 6.92 Å². The molecule has 4 heteroatoms. The topological polar surface area (TPSA) is 37.3 Å². The quantitative estimate of drug-likeness (QED) is 0.431. The van der Waals surface area contributed by atoms with Crippen LogP contribution in [0, 0.1) is 24.7 Å². The molecule has 0 aromatic heterocycles. The highest BCUT2D eigenvalue weighted by atomic mass is 32.2. The molecule has 2 nitrogen and oxygen atoms in total. The first kappa shape index (κ1) is 15.8. The number of carbonyl (C=O) groups is 1. The minimum Gasteiger partial charge on any atom is -0.360 e. The molecule has 0 spiro atoms. The maximum absolute atomic E-state index is 10.1. The number of aliphatic hydroxyl groups excluding tert-OH is 1. The largest absolute Gasteiger partial charge is 0.360 e. The third-order valence-corrected chi connectivity index (χ3v) is 2.27. The van der Waals surface area contributed by atoms with E-state index in [1.807, 2.05) is 0 Å². The average Bonchev–Trinajstić information content (AvgIpc) is 2.12. The fourth-order valence-electron chi connectivity index (χ4n) is 0.303. The third kappa shape index (κ3) is 22.5. The van der Waals surface area contributed by atoms with Gasteiger partial charge in [0.25, 0.3) is 0 Å². The summed E-state index contributed by atoms with van der Waals surface area (Å²) in [6, 6.07) is 0. The lowest BCUT2D eigenvalue weighted by Gasteiger charge is -1.80. The third-order valence-electron chi connectivity index (χ3n) is 0.758. The SMILES string of the molecule is C#CCSC(C)=O.C#CC[SH]=C(C)O. The van der Waals surface area contributed by atoms with E-state index in [1.165, 1.54) is 6.92 Å². The second-order valence-electron chi connectivity index (χ2n) is 2.05. The van der Waals surface area contributed by atoms with Crippen molar-refractivity contribution in [2.75, 3.05) is 11.5 Å². The van der Waals surface area contributed by atoms with Crippen LogP contribution in [-0.2, 0) is 4.79 Å². The molecular weight excluding hydrogens is 216 g/mol. The second kappa shape index (κ2) is 12.3. The van der Waals surface area contributed by atoms with Crippen molar-refractivity contribution in [2.24, 2.45) is 0 Å². The first-order chi connectivity index (χ1) is 6.54. The summed E-state index contributed by atoms with van der Waals surface area (Å²) in [6.07, 6.45) is 9.75. The molecule has 0 saturated heterocycles. The van der Waals surface area contributed by atoms with Crippen molar-refractivity contribution >= 4 is 33.3 Å². The summed E-state index contributed by atoms with van der Waals surface area (Å²) in [7, 11) is 0. The molecule has 0 aliphatic heterocycles. The molecule has 14 heavy (non-hydrogen) atoms. The van der Waals surface area contributed by atoms with Crippen molar-refractivity contribution in [1.82, 2.24) is 0 Å². The summed E-state index contributed by atoms with van der Waals surface area (Å²) >= 11 is 2.00. The lowest BCUT2D eigenvalue weighted by molar-refractivity contribution is -0.109. The number of hydrogen-bond acceptors (Lipinski definition) is 2. The normalized spacial score (nSPS) is 9.64. The standard InChI is InChI=1S/C5H8OS.C5H6OS/c2*1-3-4-7-5(2)6/h1,6-7H,4H2,2H3;1H,4H2,2H3. The van der Waals surface area contributed by atoms with Crippen LogP contribution >= 0.6 is 23.1 Å². The van der Waals surface area contributed by atoms with Crippen LogP contribution in [0.25, 0.3) is 0 Å². The molecule has 0 radical (unpaired) electrons. The highest BCUT2D eigenvalue weighted by molar-refractivity contribution is 8.13. The zero-order valence-corrected chi connectivity index (χ0v) is 9.99. The van der Waals surface area contributed by atoms with Crippen LogP contribution in [0.15, 0.2) is 0 Å². The number of rotatable bonds is 2. The Labute approximate surface area is 93.4 Å². The summed E-state index contributed by atoms with van der Waals surface area (Å²) < 4.78 is 0. The van der Waals surface area contributed by atoms with Gasteiger partial charge in [-0.3, -0.25) is 4.79 Å². The summed E-state index contributed by atoms with van der Waals surface area (Å²) in [5.74, 6) is 5.86. The molecule has 0 aromatic rings. The maximum atomic E-state index is 10.1. The maximum Gasteiger partial charge on any atom is 0.186 e. The Morgan fingerprint density at radius 2 is 2.00 bits per heavy atom. The number of hydrogen-bond donors (Lipinski definition) is 2. The van der Waals surface area contributed by atoms with Crippen LogP contribution in [0.3, 0.4) is 0 Å². The zero-order valence-electron chi connectivity index (χ0n) is 8.28. The van der Waals surface area contributed by atoms with Crippen LogP contribution in [-0.4, -0.2) is 26.8 Å². The Bertz CT molecular complexity index is 265. The van der Waals surface area contributed by atoms with E-state index >= 15 is 0 Å². The number of thiol groups is 1. The molecule has 1 N–H and O–H groups in total. The van der Waals surface area contributed by atoms with Gasteiger partial charge in [0.15, 0.2) is 5.12 Å². The first-order valence-corrected chi connectivity index (χ1v) is 5.81. The van der Waals surface area contributed by atoms with Crippen LogP contribution < -0.4 is 0 Å². The van der Waals surface area contributed by atoms with Crippen molar-refractivity contribution in [3.63, 3.8) is 0 Å². The first-order valence-electron chi connectivity index (χ1n) is 3.74. The van der Waals surface area contributed by atoms with Gasteiger partial charge in [0.2, 0.25) is 0 Å².